The van der Waals surface area contributed by atoms with E-state index in [1.54, 1.807) is 19.3 Å². The number of morpholine rings is 1. The molecule has 1 saturated heterocycles. The van der Waals surface area contributed by atoms with Crippen molar-refractivity contribution in [3.05, 3.63) is 18.0 Å². The monoisotopic (exact) mass is 451 g/mol. The van der Waals surface area contributed by atoms with Gasteiger partial charge in [0, 0.05) is 52.5 Å². The first-order valence-electron chi connectivity index (χ1n) is 7.82. The van der Waals surface area contributed by atoms with E-state index in [4.69, 9.17) is 4.74 Å². The Bertz CT molecular complexity index is 489. The van der Waals surface area contributed by atoms with Crippen LogP contribution >= 0.6 is 24.0 Å². The maximum absolute atomic E-state index is 11.7. The fourth-order valence-electron chi connectivity index (χ4n) is 2.21. The number of aliphatic imine (C=N–C) groups is 1. The molecule has 0 saturated carbocycles. The van der Waals surface area contributed by atoms with E-state index in [-0.39, 0.29) is 29.9 Å². The maximum atomic E-state index is 11.7. The molecule has 1 aromatic heterocycles. The number of H-pyrrole nitrogens is 1. The van der Waals surface area contributed by atoms with Gasteiger partial charge in [-0.05, 0) is 6.07 Å². The summed E-state index contributed by atoms with van der Waals surface area (Å²) >= 11 is 0. The van der Waals surface area contributed by atoms with E-state index < -0.39 is 0 Å². The van der Waals surface area contributed by atoms with Crippen LogP contribution in [0.3, 0.4) is 0 Å². The van der Waals surface area contributed by atoms with Gasteiger partial charge in [-0.3, -0.25) is 19.8 Å². The van der Waals surface area contributed by atoms with Gasteiger partial charge in [0.25, 0.3) is 5.91 Å². The molecular formula is C14H26IN7O2. The van der Waals surface area contributed by atoms with Crippen molar-refractivity contribution in [1.82, 2.24) is 31.0 Å². The Kier molecular flexibility index (Phi) is 10.4. The predicted molar refractivity (Wildman–Crippen MR) is 103 cm³/mol. The predicted octanol–water partition coefficient (Wildman–Crippen LogP) is -0.745. The van der Waals surface area contributed by atoms with E-state index in [2.05, 4.69) is 36.0 Å². The minimum atomic E-state index is -0.167. The lowest BCUT2D eigenvalue weighted by molar-refractivity contribution is 0.0389. The first-order valence-corrected chi connectivity index (χ1v) is 7.82. The fourth-order valence-corrected chi connectivity index (χ4v) is 2.21. The molecule has 1 aliphatic heterocycles. The SMILES string of the molecule is CN=C(NCCNC(=O)c1ccn[nH]1)NCCN1CCOCC1.I. The van der Waals surface area contributed by atoms with Crippen molar-refractivity contribution in [2.45, 2.75) is 0 Å². The molecule has 0 aliphatic carbocycles. The lowest BCUT2D eigenvalue weighted by Crippen LogP contribution is -2.45. The van der Waals surface area contributed by atoms with E-state index in [0.29, 0.717) is 18.8 Å². The molecule has 0 spiro atoms. The molecule has 1 aliphatic rings. The first kappa shape index (κ1) is 20.6. The number of aromatic nitrogens is 2. The van der Waals surface area contributed by atoms with E-state index in [1.807, 2.05) is 0 Å². The third-order valence-electron chi connectivity index (χ3n) is 3.50. The normalized spacial score (nSPS) is 15.5. The summed E-state index contributed by atoms with van der Waals surface area (Å²) in [5.74, 6) is 0.564. The van der Waals surface area contributed by atoms with Crippen LogP contribution in [0.15, 0.2) is 17.3 Å². The molecule has 2 rings (SSSR count). The van der Waals surface area contributed by atoms with Crippen LogP contribution in [0.5, 0.6) is 0 Å². The lowest BCUT2D eigenvalue weighted by Gasteiger charge is -2.26. The van der Waals surface area contributed by atoms with Gasteiger partial charge in [-0.25, -0.2) is 0 Å². The number of amides is 1. The molecule has 9 nitrogen and oxygen atoms in total. The van der Waals surface area contributed by atoms with Gasteiger partial charge in [0.1, 0.15) is 5.69 Å². The average Bonchev–Trinajstić information content (AvgIpc) is 3.12. The van der Waals surface area contributed by atoms with Gasteiger partial charge in [0.15, 0.2) is 5.96 Å². The molecule has 4 N–H and O–H groups in total. The molecule has 1 fully saturated rings. The molecule has 0 atom stereocenters. The topological polar surface area (TPSA) is 107 Å². The molecule has 10 heteroatoms. The third kappa shape index (κ3) is 7.45. The van der Waals surface area contributed by atoms with Gasteiger partial charge in [-0.15, -0.1) is 24.0 Å². The highest BCUT2D eigenvalue weighted by Gasteiger charge is 2.09. The summed E-state index contributed by atoms with van der Waals surface area (Å²) in [5, 5.41) is 15.6. The second-order valence-electron chi connectivity index (χ2n) is 5.11. The van der Waals surface area contributed by atoms with E-state index in [1.165, 1.54) is 0 Å². The van der Waals surface area contributed by atoms with Gasteiger partial charge in [-0.1, -0.05) is 0 Å². The van der Waals surface area contributed by atoms with Crippen LogP contribution in [0, 0.1) is 0 Å². The van der Waals surface area contributed by atoms with Crippen molar-refractivity contribution >= 4 is 35.8 Å². The van der Waals surface area contributed by atoms with Crippen molar-refractivity contribution in [2.24, 2.45) is 4.99 Å². The summed E-state index contributed by atoms with van der Waals surface area (Å²) in [6.07, 6.45) is 1.55. The Balaban J connectivity index is 0.00000288. The number of carbonyl (C=O) groups excluding carboxylic acids is 1. The zero-order chi connectivity index (χ0) is 16.3. The highest BCUT2D eigenvalue weighted by molar-refractivity contribution is 14.0. The van der Waals surface area contributed by atoms with E-state index in [9.17, 15) is 4.79 Å². The molecule has 1 aromatic rings. The lowest BCUT2D eigenvalue weighted by atomic mass is 10.4. The highest BCUT2D eigenvalue weighted by atomic mass is 127. The van der Waals surface area contributed by atoms with E-state index in [0.717, 1.165) is 45.4 Å². The van der Waals surface area contributed by atoms with Crippen molar-refractivity contribution in [2.75, 3.05) is 59.5 Å². The quantitative estimate of drug-likeness (QED) is 0.188. The number of aromatic amines is 1. The second kappa shape index (κ2) is 12.0. The molecule has 0 radical (unpaired) electrons. The van der Waals surface area contributed by atoms with Gasteiger partial charge in [0.05, 0.1) is 13.2 Å². The van der Waals surface area contributed by atoms with Crippen LogP contribution in [-0.4, -0.2) is 86.5 Å². The summed E-state index contributed by atoms with van der Waals surface area (Å²) in [6.45, 7) is 6.45. The zero-order valence-electron chi connectivity index (χ0n) is 13.9. The summed E-state index contributed by atoms with van der Waals surface area (Å²) in [6, 6.07) is 1.63. The van der Waals surface area contributed by atoms with Crippen LogP contribution in [0.25, 0.3) is 0 Å². The summed E-state index contributed by atoms with van der Waals surface area (Å²) in [7, 11) is 1.73. The van der Waals surface area contributed by atoms with Crippen LogP contribution in [-0.2, 0) is 4.74 Å². The molecule has 24 heavy (non-hydrogen) atoms. The smallest absolute Gasteiger partial charge is 0.269 e. The average molecular weight is 451 g/mol. The van der Waals surface area contributed by atoms with Gasteiger partial charge in [0.2, 0.25) is 0 Å². The molecule has 0 aromatic carbocycles. The Hall–Kier alpha value is -1.40. The summed E-state index contributed by atoms with van der Waals surface area (Å²) in [4.78, 5) is 18.2. The number of guanidine groups is 1. The van der Waals surface area contributed by atoms with Crippen LogP contribution in [0.4, 0.5) is 0 Å². The summed E-state index contributed by atoms with van der Waals surface area (Å²) in [5.41, 5.74) is 0.456. The van der Waals surface area contributed by atoms with Crippen LogP contribution in [0.1, 0.15) is 10.5 Å². The number of ether oxygens (including phenoxy) is 1. The van der Waals surface area contributed by atoms with Crippen LogP contribution < -0.4 is 16.0 Å². The molecule has 1 amide bonds. The Labute approximate surface area is 159 Å². The number of hydrogen-bond acceptors (Lipinski definition) is 5. The number of nitrogens with zero attached hydrogens (tertiary/aromatic N) is 3. The Morgan fingerprint density at radius 1 is 1.29 bits per heavy atom. The third-order valence-corrected chi connectivity index (χ3v) is 3.50. The highest BCUT2D eigenvalue weighted by Crippen LogP contribution is 1.94. The zero-order valence-corrected chi connectivity index (χ0v) is 16.2. The van der Waals surface area contributed by atoms with Gasteiger partial charge >= 0.3 is 0 Å². The molecule has 2 heterocycles. The minimum absolute atomic E-state index is 0. The van der Waals surface area contributed by atoms with Gasteiger partial charge in [-0.2, -0.15) is 5.10 Å². The van der Waals surface area contributed by atoms with Crippen molar-refractivity contribution in [3.8, 4) is 0 Å². The maximum Gasteiger partial charge on any atom is 0.269 e. The standard InChI is InChI=1S/C14H25N7O2.HI/c1-15-14(18-6-7-21-8-10-23-11-9-21)17-5-4-16-13(22)12-2-3-19-20-12;/h2-3H,4-11H2,1H3,(H,16,22)(H,19,20)(H2,15,17,18);1H. The van der Waals surface area contributed by atoms with Crippen molar-refractivity contribution in [3.63, 3.8) is 0 Å². The summed E-state index contributed by atoms with van der Waals surface area (Å²) < 4.78 is 5.32. The van der Waals surface area contributed by atoms with Crippen LogP contribution in [0.2, 0.25) is 0 Å². The molecular weight excluding hydrogens is 425 g/mol. The second-order valence-corrected chi connectivity index (χ2v) is 5.11. The van der Waals surface area contributed by atoms with Crippen molar-refractivity contribution < 1.29 is 9.53 Å². The Morgan fingerprint density at radius 3 is 2.67 bits per heavy atom. The number of nitrogens with one attached hydrogen (secondary N) is 4. The van der Waals surface area contributed by atoms with E-state index >= 15 is 0 Å². The van der Waals surface area contributed by atoms with Gasteiger partial charge < -0.3 is 20.7 Å². The molecule has 0 bridgehead atoms. The molecule has 0 unspecified atom stereocenters. The first-order chi connectivity index (χ1) is 11.3. The fraction of sp³-hybridized carbons (Fsp3) is 0.643. The minimum Gasteiger partial charge on any atom is -0.379 e. The number of carbonyl (C=O) groups is 1. The number of rotatable bonds is 7. The number of halogens is 1. The number of hydrogen-bond donors (Lipinski definition) is 4. The largest absolute Gasteiger partial charge is 0.379 e. The Morgan fingerprint density at radius 2 is 2.00 bits per heavy atom. The molecule has 136 valence electrons. The van der Waals surface area contributed by atoms with Crippen molar-refractivity contribution in [1.29, 1.82) is 0 Å².